The first-order valence-electron chi connectivity index (χ1n) is 7.63. The molecule has 0 bridgehead atoms. The third-order valence-corrected chi connectivity index (χ3v) is 5.16. The maximum atomic E-state index is 13.2. The van der Waals surface area contributed by atoms with Crippen LogP contribution in [0.1, 0.15) is 13.3 Å². The largest absolute Gasteiger partial charge is 0.324 e. The first-order valence-corrected chi connectivity index (χ1v) is 10.2. The van der Waals surface area contributed by atoms with Crippen molar-refractivity contribution < 1.29 is 17.6 Å². The quantitative estimate of drug-likeness (QED) is 0.759. The summed E-state index contributed by atoms with van der Waals surface area (Å²) >= 11 is 11.8. The van der Waals surface area contributed by atoms with Gasteiger partial charge in [0.25, 0.3) is 0 Å². The SMILES string of the molecule is CC[C@H](C(=O)Nc1cc(Cl)cc(Cl)c1)N(c1ccc(F)cc1)S(C)(=O)=O. The lowest BCUT2D eigenvalue weighted by atomic mass is 10.1. The normalized spacial score (nSPS) is 12.5. The highest BCUT2D eigenvalue weighted by molar-refractivity contribution is 7.92. The van der Waals surface area contributed by atoms with Crippen LogP contribution in [0, 0.1) is 5.82 Å². The van der Waals surface area contributed by atoms with Crippen molar-refractivity contribution in [2.24, 2.45) is 0 Å². The van der Waals surface area contributed by atoms with Crippen molar-refractivity contribution >= 4 is 50.5 Å². The molecule has 0 radical (unpaired) electrons. The van der Waals surface area contributed by atoms with Gasteiger partial charge in [0, 0.05) is 15.7 Å². The number of carbonyl (C=O) groups excluding carboxylic acids is 1. The standard InChI is InChI=1S/C17H17Cl2FN2O3S/c1-3-16(17(23)21-14-9-11(18)8-12(19)10-14)22(26(2,24)25)15-6-4-13(20)5-7-15/h4-10,16H,3H2,1-2H3,(H,21,23)/t16-/m1/s1. The zero-order valence-corrected chi connectivity index (χ0v) is 16.4. The van der Waals surface area contributed by atoms with Crippen molar-refractivity contribution in [3.63, 3.8) is 0 Å². The fraction of sp³-hybridized carbons (Fsp3) is 0.235. The van der Waals surface area contributed by atoms with E-state index < -0.39 is 27.8 Å². The highest BCUT2D eigenvalue weighted by Crippen LogP contribution is 2.26. The summed E-state index contributed by atoms with van der Waals surface area (Å²) in [6.07, 6.45) is 1.19. The summed E-state index contributed by atoms with van der Waals surface area (Å²) in [5.41, 5.74) is 0.540. The molecule has 5 nitrogen and oxygen atoms in total. The second kappa shape index (κ2) is 8.24. The smallest absolute Gasteiger partial charge is 0.248 e. The summed E-state index contributed by atoms with van der Waals surface area (Å²) < 4.78 is 38.7. The van der Waals surface area contributed by atoms with Crippen molar-refractivity contribution in [3.05, 3.63) is 58.3 Å². The van der Waals surface area contributed by atoms with Crippen LogP contribution in [0.15, 0.2) is 42.5 Å². The first-order chi connectivity index (χ1) is 12.1. The van der Waals surface area contributed by atoms with Gasteiger partial charge in [-0.1, -0.05) is 30.1 Å². The van der Waals surface area contributed by atoms with Gasteiger partial charge in [-0.25, -0.2) is 12.8 Å². The van der Waals surface area contributed by atoms with Gasteiger partial charge in [-0.05, 0) is 48.9 Å². The number of nitrogens with zero attached hydrogens (tertiary/aromatic N) is 1. The number of rotatable bonds is 6. The molecule has 1 N–H and O–H groups in total. The number of benzene rings is 2. The van der Waals surface area contributed by atoms with Crippen molar-refractivity contribution in [2.45, 2.75) is 19.4 Å². The Morgan fingerprint density at radius 2 is 1.69 bits per heavy atom. The van der Waals surface area contributed by atoms with Gasteiger partial charge in [-0.3, -0.25) is 9.10 Å². The molecular formula is C17H17Cl2FN2O3S. The fourth-order valence-electron chi connectivity index (χ4n) is 2.50. The van der Waals surface area contributed by atoms with E-state index in [1.807, 2.05) is 0 Å². The minimum Gasteiger partial charge on any atom is -0.324 e. The van der Waals surface area contributed by atoms with Gasteiger partial charge in [-0.2, -0.15) is 0 Å². The molecule has 140 valence electrons. The van der Waals surface area contributed by atoms with Gasteiger partial charge >= 0.3 is 0 Å². The predicted octanol–water partition coefficient (Wildman–Crippen LogP) is 4.32. The van der Waals surface area contributed by atoms with Gasteiger partial charge in [-0.15, -0.1) is 0 Å². The van der Waals surface area contributed by atoms with E-state index in [0.29, 0.717) is 15.7 Å². The number of anilines is 2. The van der Waals surface area contributed by atoms with Crippen molar-refractivity contribution in [1.82, 2.24) is 0 Å². The first kappa shape index (κ1) is 20.5. The minimum absolute atomic E-state index is 0.194. The average molecular weight is 419 g/mol. The van der Waals surface area contributed by atoms with E-state index >= 15 is 0 Å². The molecule has 0 unspecified atom stereocenters. The Kier molecular flexibility index (Phi) is 6.49. The second-order valence-electron chi connectivity index (χ2n) is 5.61. The van der Waals surface area contributed by atoms with Gasteiger partial charge in [0.1, 0.15) is 11.9 Å². The Bertz CT molecular complexity index is 884. The molecule has 0 heterocycles. The van der Waals surface area contributed by atoms with Crippen molar-refractivity contribution in [2.75, 3.05) is 15.9 Å². The maximum absolute atomic E-state index is 13.2. The number of sulfonamides is 1. The van der Waals surface area contributed by atoms with Crippen LogP contribution >= 0.6 is 23.2 Å². The number of hydrogen-bond acceptors (Lipinski definition) is 3. The van der Waals surface area contributed by atoms with Gasteiger partial charge < -0.3 is 5.32 Å². The number of hydrogen-bond donors (Lipinski definition) is 1. The highest BCUT2D eigenvalue weighted by Gasteiger charge is 2.31. The van der Waals surface area contributed by atoms with E-state index in [1.54, 1.807) is 6.92 Å². The van der Waals surface area contributed by atoms with E-state index in [1.165, 1.54) is 30.3 Å². The molecule has 0 spiro atoms. The number of amides is 1. The van der Waals surface area contributed by atoms with E-state index in [2.05, 4.69) is 5.32 Å². The van der Waals surface area contributed by atoms with Gasteiger partial charge in [0.15, 0.2) is 0 Å². The van der Waals surface area contributed by atoms with Crippen LogP contribution in [0.5, 0.6) is 0 Å². The Balaban J connectivity index is 2.37. The predicted molar refractivity (Wildman–Crippen MR) is 103 cm³/mol. The minimum atomic E-state index is -3.80. The molecule has 1 atom stereocenters. The summed E-state index contributed by atoms with van der Waals surface area (Å²) in [6, 6.07) is 8.36. The Morgan fingerprint density at radius 1 is 1.15 bits per heavy atom. The zero-order valence-electron chi connectivity index (χ0n) is 14.0. The Morgan fingerprint density at radius 3 is 2.15 bits per heavy atom. The lowest BCUT2D eigenvalue weighted by Crippen LogP contribution is -2.47. The molecule has 2 aromatic carbocycles. The van der Waals surface area contributed by atoms with E-state index in [0.717, 1.165) is 22.7 Å². The second-order valence-corrected chi connectivity index (χ2v) is 8.34. The molecular weight excluding hydrogens is 402 g/mol. The van der Waals surface area contributed by atoms with Crippen LogP contribution in [0.4, 0.5) is 15.8 Å². The lowest BCUT2D eigenvalue weighted by Gasteiger charge is -2.30. The third-order valence-electron chi connectivity index (χ3n) is 3.54. The molecule has 0 aromatic heterocycles. The molecule has 2 rings (SSSR count). The molecule has 0 aliphatic rings. The lowest BCUT2D eigenvalue weighted by molar-refractivity contribution is -0.117. The van der Waals surface area contributed by atoms with Gasteiger partial charge in [0.05, 0.1) is 11.9 Å². The van der Waals surface area contributed by atoms with Crippen LogP contribution in [0.2, 0.25) is 10.0 Å². The average Bonchev–Trinajstić information content (AvgIpc) is 2.51. The molecule has 0 saturated carbocycles. The van der Waals surface area contributed by atoms with Crippen LogP contribution in [-0.4, -0.2) is 26.6 Å². The third kappa shape index (κ3) is 5.09. The summed E-state index contributed by atoms with van der Waals surface area (Å²) in [5, 5.41) is 3.29. The topological polar surface area (TPSA) is 66.5 Å². The summed E-state index contributed by atoms with van der Waals surface area (Å²) in [6.45, 7) is 1.68. The number of nitrogens with one attached hydrogen (secondary N) is 1. The fourth-order valence-corrected chi connectivity index (χ4v) is 4.24. The molecule has 1 amide bonds. The summed E-state index contributed by atoms with van der Waals surface area (Å²) in [4.78, 5) is 12.7. The molecule has 0 aliphatic heterocycles. The van der Waals surface area contributed by atoms with Crippen LogP contribution < -0.4 is 9.62 Å². The summed E-state index contributed by atoms with van der Waals surface area (Å²) in [7, 11) is -3.80. The van der Waals surface area contributed by atoms with E-state index in [9.17, 15) is 17.6 Å². The molecule has 0 fully saturated rings. The highest BCUT2D eigenvalue weighted by atomic mass is 35.5. The van der Waals surface area contributed by atoms with Gasteiger partial charge in [0.2, 0.25) is 15.9 Å². The monoisotopic (exact) mass is 418 g/mol. The number of carbonyl (C=O) groups is 1. The van der Waals surface area contributed by atoms with Crippen molar-refractivity contribution in [3.8, 4) is 0 Å². The van der Waals surface area contributed by atoms with Crippen LogP contribution in [0.3, 0.4) is 0 Å². The van der Waals surface area contributed by atoms with Crippen molar-refractivity contribution in [1.29, 1.82) is 0 Å². The zero-order chi connectivity index (χ0) is 19.5. The summed E-state index contributed by atoms with van der Waals surface area (Å²) in [5.74, 6) is -1.06. The molecule has 0 aliphatic carbocycles. The van der Waals surface area contributed by atoms with E-state index in [4.69, 9.17) is 23.2 Å². The number of halogens is 3. The Hall–Kier alpha value is -1.83. The van der Waals surface area contributed by atoms with E-state index in [-0.39, 0.29) is 12.1 Å². The maximum Gasteiger partial charge on any atom is 0.248 e. The van der Waals surface area contributed by atoms with Crippen LogP contribution in [0.25, 0.3) is 0 Å². The Labute approximate surface area is 161 Å². The molecule has 9 heteroatoms. The molecule has 26 heavy (non-hydrogen) atoms. The molecule has 2 aromatic rings. The van der Waals surface area contributed by atoms with Crippen LogP contribution in [-0.2, 0) is 14.8 Å². The molecule has 0 saturated heterocycles.